The molecule has 3 heterocycles. The minimum Gasteiger partial charge on any atom is -0.378 e. The number of halogens is 2. The molecule has 0 N–H and O–H groups in total. The zero-order chi connectivity index (χ0) is 19.5. The topological polar surface area (TPSA) is 44.7 Å². The molecule has 2 saturated heterocycles. The molecular weight excluding hydrogens is 364 g/mol. The number of anilines is 2. The molecule has 2 aromatic rings. The Morgan fingerprint density at radius 1 is 0.893 bits per heavy atom. The maximum atomic E-state index is 13.4. The third-order valence-electron chi connectivity index (χ3n) is 5.21. The molecule has 4 rings (SSSR count). The third-order valence-corrected chi connectivity index (χ3v) is 5.21. The molecule has 2 aliphatic rings. The molecule has 0 radical (unpaired) electrons. The summed E-state index contributed by atoms with van der Waals surface area (Å²) in [5, 5.41) is 0. The van der Waals surface area contributed by atoms with E-state index in [-0.39, 0.29) is 0 Å². The summed E-state index contributed by atoms with van der Waals surface area (Å²) in [5.41, 5.74) is 1.75. The second kappa shape index (κ2) is 8.36. The van der Waals surface area contributed by atoms with Crippen molar-refractivity contribution in [2.24, 2.45) is 0 Å². The molecule has 0 bridgehead atoms. The lowest BCUT2D eigenvalue weighted by molar-refractivity contribution is 0.122. The number of piperazine rings is 1. The number of morpholine rings is 1. The first-order valence-electron chi connectivity index (χ1n) is 9.68. The van der Waals surface area contributed by atoms with Crippen LogP contribution in [0.15, 0.2) is 24.3 Å². The van der Waals surface area contributed by atoms with E-state index in [0.717, 1.165) is 62.3 Å². The van der Waals surface area contributed by atoms with Crippen molar-refractivity contribution >= 4 is 11.8 Å². The van der Waals surface area contributed by atoms with Gasteiger partial charge in [-0.1, -0.05) is 6.07 Å². The van der Waals surface area contributed by atoms with Gasteiger partial charge in [0.05, 0.1) is 13.2 Å². The Labute approximate surface area is 163 Å². The summed E-state index contributed by atoms with van der Waals surface area (Å²) in [6.07, 6.45) is 0. The maximum absolute atomic E-state index is 13.4. The predicted octanol–water partition coefficient (Wildman–Crippen LogP) is 2.22. The lowest BCUT2D eigenvalue weighted by Crippen LogP contribution is -2.46. The Hall–Kier alpha value is -2.32. The molecule has 8 heteroatoms. The van der Waals surface area contributed by atoms with Gasteiger partial charge in [0, 0.05) is 57.6 Å². The van der Waals surface area contributed by atoms with Crippen LogP contribution < -0.4 is 9.80 Å². The molecule has 0 unspecified atom stereocenters. The van der Waals surface area contributed by atoms with E-state index in [2.05, 4.69) is 19.7 Å². The highest BCUT2D eigenvalue weighted by Gasteiger charge is 2.21. The normalized spacial score (nSPS) is 18.5. The molecule has 0 aliphatic carbocycles. The van der Waals surface area contributed by atoms with Crippen LogP contribution in [0.1, 0.15) is 11.3 Å². The van der Waals surface area contributed by atoms with Crippen LogP contribution in [-0.4, -0.2) is 67.4 Å². The van der Waals surface area contributed by atoms with E-state index in [9.17, 15) is 8.78 Å². The highest BCUT2D eigenvalue weighted by atomic mass is 19.2. The average molecular weight is 389 g/mol. The first-order valence-corrected chi connectivity index (χ1v) is 9.68. The summed E-state index contributed by atoms with van der Waals surface area (Å²) in [4.78, 5) is 16.1. The van der Waals surface area contributed by atoms with Crippen LogP contribution in [0.2, 0.25) is 0 Å². The Kier molecular flexibility index (Phi) is 5.68. The molecule has 0 amide bonds. The first-order chi connectivity index (χ1) is 13.6. The van der Waals surface area contributed by atoms with E-state index in [1.165, 1.54) is 12.1 Å². The largest absolute Gasteiger partial charge is 0.378 e. The minimum absolute atomic E-state index is 0.618. The van der Waals surface area contributed by atoms with Crippen LogP contribution in [0.25, 0.3) is 0 Å². The van der Waals surface area contributed by atoms with Crippen molar-refractivity contribution in [1.29, 1.82) is 0 Å². The highest BCUT2D eigenvalue weighted by Crippen LogP contribution is 2.20. The number of benzene rings is 1. The fraction of sp³-hybridized carbons (Fsp3) is 0.500. The molecule has 2 fully saturated rings. The van der Waals surface area contributed by atoms with Crippen LogP contribution >= 0.6 is 0 Å². The van der Waals surface area contributed by atoms with Gasteiger partial charge in [-0.15, -0.1) is 0 Å². The summed E-state index contributed by atoms with van der Waals surface area (Å²) in [5.74, 6) is 0.121. The summed E-state index contributed by atoms with van der Waals surface area (Å²) in [6, 6.07) is 6.14. The predicted molar refractivity (Wildman–Crippen MR) is 104 cm³/mol. The van der Waals surface area contributed by atoms with Gasteiger partial charge in [-0.2, -0.15) is 4.98 Å². The van der Waals surface area contributed by atoms with E-state index in [0.29, 0.717) is 19.8 Å². The number of ether oxygens (including phenoxy) is 1. The third kappa shape index (κ3) is 4.39. The summed E-state index contributed by atoms with van der Waals surface area (Å²) >= 11 is 0. The molecule has 0 saturated carbocycles. The number of rotatable bonds is 4. The zero-order valence-corrected chi connectivity index (χ0v) is 16.1. The molecule has 1 aromatic carbocycles. The fourth-order valence-corrected chi connectivity index (χ4v) is 3.63. The van der Waals surface area contributed by atoms with Crippen LogP contribution in [0.3, 0.4) is 0 Å². The van der Waals surface area contributed by atoms with Crippen LogP contribution in [0.5, 0.6) is 0 Å². The Balaban J connectivity index is 1.39. The summed E-state index contributed by atoms with van der Waals surface area (Å²) < 4.78 is 31.9. The van der Waals surface area contributed by atoms with Gasteiger partial charge in [0.1, 0.15) is 5.82 Å². The lowest BCUT2D eigenvalue weighted by Gasteiger charge is -2.36. The second-order valence-electron chi connectivity index (χ2n) is 7.28. The quantitative estimate of drug-likeness (QED) is 0.799. The van der Waals surface area contributed by atoms with Crippen molar-refractivity contribution in [2.75, 3.05) is 62.3 Å². The SMILES string of the molecule is Cc1cc(N2CCN(Cc3ccc(F)c(F)c3)CC2)nc(N2CCOCC2)n1. The van der Waals surface area contributed by atoms with Crippen molar-refractivity contribution in [3.05, 3.63) is 47.2 Å². The van der Waals surface area contributed by atoms with Crippen molar-refractivity contribution < 1.29 is 13.5 Å². The van der Waals surface area contributed by atoms with E-state index in [4.69, 9.17) is 9.72 Å². The molecular formula is C20H25F2N5O. The van der Waals surface area contributed by atoms with Gasteiger partial charge in [0.25, 0.3) is 0 Å². The maximum Gasteiger partial charge on any atom is 0.227 e. The number of aromatic nitrogens is 2. The highest BCUT2D eigenvalue weighted by molar-refractivity contribution is 5.46. The average Bonchev–Trinajstić information content (AvgIpc) is 2.71. The lowest BCUT2D eigenvalue weighted by atomic mass is 10.2. The van der Waals surface area contributed by atoms with E-state index >= 15 is 0 Å². The fourth-order valence-electron chi connectivity index (χ4n) is 3.63. The van der Waals surface area contributed by atoms with Crippen LogP contribution in [0, 0.1) is 18.6 Å². The molecule has 1 aromatic heterocycles. The van der Waals surface area contributed by atoms with Gasteiger partial charge < -0.3 is 14.5 Å². The molecule has 0 spiro atoms. The Bertz CT molecular complexity index is 820. The van der Waals surface area contributed by atoms with Crippen molar-refractivity contribution in [3.8, 4) is 0 Å². The van der Waals surface area contributed by atoms with Crippen LogP contribution in [-0.2, 0) is 11.3 Å². The van der Waals surface area contributed by atoms with Gasteiger partial charge in [-0.25, -0.2) is 13.8 Å². The van der Waals surface area contributed by atoms with E-state index < -0.39 is 11.6 Å². The monoisotopic (exact) mass is 389 g/mol. The second-order valence-corrected chi connectivity index (χ2v) is 7.28. The van der Waals surface area contributed by atoms with Gasteiger partial charge in [0.15, 0.2) is 11.6 Å². The smallest absolute Gasteiger partial charge is 0.227 e. The van der Waals surface area contributed by atoms with Crippen molar-refractivity contribution in [3.63, 3.8) is 0 Å². The molecule has 6 nitrogen and oxygen atoms in total. The Morgan fingerprint density at radius 3 is 2.36 bits per heavy atom. The summed E-state index contributed by atoms with van der Waals surface area (Å²) in [7, 11) is 0. The standard InChI is InChI=1S/C20H25F2N5O/c1-15-12-19(24-20(23-15)27-8-10-28-11-9-27)26-6-4-25(5-7-26)14-16-2-3-17(21)18(22)13-16/h2-3,12-13H,4-11,14H2,1H3. The van der Waals surface area contributed by atoms with Gasteiger partial charge in [0.2, 0.25) is 5.95 Å². The van der Waals surface area contributed by atoms with Gasteiger partial charge >= 0.3 is 0 Å². The molecule has 150 valence electrons. The molecule has 2 aliphatic heterocycles. The van der Waals surface area contributed by atoms with Crippen molar-refractivity contribution in [2.45, 2.75) is 13.5 Å². The zero-order valence-electron chi connectivity index (χ0n) is 16.1. The number of hydrogen-bond donors (Lipinski definition) is 0. The number of nitrogens with zero attached hydrogens (tertiary/aromatic N) is 5. The minimum atomic E-state index is -0.802. The van der Waals surface area contributed by atoms with Crippen LogP contribution in [0.4, 0.5) is 20.5 Å². The summed E-state index contributed by atoms with van der Waals surface area (Å²) in [6.45, 7) is 9.00. The first kappa shape index (κ1) is 19.0. The van der Waals surface area contributed by atoms with Gasteiger partial charge in [-0.3, -0.25) is 4.90 Å². The molecule has 28 heavy (non-hydrogen) atoms. The van der Waals surface area contributed by atoms with E-state index in [1.807, 2.05) is 13.0 Å². The van der Waals surface area contributed by atoms with E-state index in [1.54, 1.807) is 6.07 Å². The number of hydrogen-bond acceptors (Lipinski definition) is 6. The molecule has 0 atom stereocenters. The number of aryl methyl sites for hydroxylation is 1. The van der Waals surface area contributed by atoms with Gasteiger partial charge in [-0.05, 0) is 24.6 Å². The Morgan fingerprint density at radius 2 is 1.64 bits per heavy atom. The van der Waals surface area contributed by atoms with Crippen molar-refractivity contribution in [1.82, 2.24) is 14.9 Å².